The van der Waals surface area contributed by atoms with E-state index in [1.54, 1.807) is 0 Å². The van der Waals surface area contributed by atoms with E-state index in [1.807, 2.05) is 20.8 Å². The zero-order valence-corrected chi connectivity index (χ0v) is 20.1. The molecular weight excluding hydrogens is 384 g/mol. The van der Waals surface area contributed by atoms with E-state index in [9.17, 15) is 0 Å². The highest BCUT2D eigenvalue weighted by Crippen LogP contribution is 2.35. The summed E-state index contributed by atoms with van der Waals surface area (Å²) in [6.45, 7) is 12.7. The maximum absolute atomic E-state index is 6.20. The summed E-state index contributed by atoms with van der Waals surface area (Å²) in [6.07, 6.45) is 6.41. The molecule has 0 amide bonds. The van der Waals surface area contributed by atoms with Crippen molar-refractivity contribution < 1.29 is 22.8 Å². The molecule has 1 aromatic rings. The lowest BCUT2D eigenvalue weighted by molar-refractivity contribution is -0.198. The maximum atomic E-state index is 6.20. The molecule has 1 aromatic carbocycles. The van der Waals surface area contributed by atoms with Crippen LogP contribution in [0, 0.1) is 0 Å². The highest BCUT2D eigenvalue weighted by Gasteiger charge is 2.39. The Labute approximate surface area is 178 Å². The van der Waals surface area contributed by atoms with Crippen LogP contribution in [0.25, 0.3) is 0 Å². The lowest BCUT2D eigenvalue weighted by Crippen LogP contribution is -2.46. The number of aryl methyl sites for hydroxylation is 1. The lowest BCUT2D eigenvalue weighted by Gasteiger charge is -2.36. The zero-order valence-electron chi connectivity index (χ0n) is 19.1. The molecule has 0 radical (unpaired) electrons. The fourth-order valence-corrected chi connectivity index (χ4v) is 6.43. The van der Waals surface area contributed by atoms with Crippen molar-refractivity contribution in [2.45, 2.75) is 91.6 Å². The molecule has 5 nitrogen and oxygen atoms in total. The van der Waals surface area contributed by atoms with Gasteiger partial charge in [0.05, 0.1) is 6.61 Å². The molecule has 2 rings (SSSR count). The van der Waals surface area contributed by atoms with Crippen molar-refractivity contribution >= 4 is 8.80 Å². The Hall–Kier alpha value is -0.923. The number of hydrogen-bond donors (Lipinski definition) is 0. The first kappa shape index (κ1) is 24.3. The van der Waals surface area contributed by atoms with Crippen molar-refractivity contribution in [2.75, 3.05) is 19.8 Å². The van der Waals surface area contributed by atoms with Crippen molar-refractivity contribution in [3.63, 3.8) is 0 Å². The third-order valence-corrected chi connectivity index (χ3v) is 8.41. The monoisotopic (exact) mass is 424 g/mol. The van der Waals surface area contributed by atoms with E-state index in [4.69, 9.17) is 22.8 Å². The SMILES string of the molecule is CCCCCC1(C)OCc2cc(CCC[Si](OCC)(OCC)OCC)ccc2O1. The van der Waals surface area contributed by atoms with Crippen LogP contribution in [0.5, 0.6) is 5.75 Å². The van der Waals surface area contributed by atoms with Gasteiger partial charge in [0.2, 0.25) is 5.79 Å². The van der Waals surface area contributed by atoms with Gasteiger partial charge in [0.1, 0.15) is 5.75 Å². The van der Waals surface area contributed by atoms with Gasteiger partial charge in [-0.15, -0.1) is 0 Å². The number of fused-ring (bicyclic) bond motifs is 1. The molecule has 0 saturated heterocycles. The van der Waals surface area contributed by atoms with Crippen molar-refractivity contribution in [2.24, 2.45) is 0 Å². The van der Waals surface area contributed by atoms with Crippen molar-refractivity contribution in [3.8, 4) is 5.75 Å². The van der Waals surface area contributed by atoms with Crippen molar-refractivity contribution in [1.82, 2.24) is 0 Å². The van der Waals surface area contributed by atoms with Crippen LogP contribution in [0.2, 0.25) is 6.04 Å². The fraction of sp³-hybridized carbons (Fsp3) is 0.739. The molecule has 0 saturated carbocycles. The third kappa shape index (κ3) is 7.37. The largest absolute Gasteiger partial charge is 0.500 e. The summed E-state index contributed by atoms with van der Waals surface area (Å²) in [7, 11) is -2.56. The van der Waals surface area contributed by atoms with Gasteiger partial charge in [-0.25, -0.2) is 0 Å². The predicted octanol–water partition coefficient (Wildman–Crippen LogP) is 5.87. The minimum Gasteiger partial charge on any atom is -0.462 e. The van der Waals surface area contributed by atoms with Gasteiger partial charge in [0.25, 0.3) is 0 Å². The highest BCUT2D eigenvalue weighted by atomic mass is 28.4. The molecule has 0 fully saturated rings. The van der Waals surface area contributed by atoms with Crippen molar-refractivity contribution in [3.05, 3.63) is 29.3 Å². The number of benzene rings is 1. The Bertz CT molecular complexity index is 592. The maximum Gasteiger partial charge on any atom is 0.500 e. The van der Waals surface area contributed by atoms with Gasteiger partial charge in [0, 0.05) is 44.8 Å². The minimum atomic E-state index is -2.56. The van der Waals surface area contributed by atoms with Gasteiger partial charge in [-0.3, -0.25) is 0 Å². The third-order valence-electron chi connectivity index (χ3n) is 5.26. The number of ether oxygens (including phenoxy) is 2. The number of rotatable bonds is 14. The van der Waals surface area contributed by atoms with E-state index in [0.717, 1.165) is 43.0 Å². The van der Waals surface area contributed by atoms with Crippen LogP contribution in [0.15, 0.2) is 18.2 Å². The van der Waals surface area contributed by atoms with E-state index < -0.39 is 14.6 Å². The Balaban J connectivity index is 1.93. The van der Waals surface area contributed by atoms with Crippen molar-refractivity contribution in [1.29, 1.82) is 0 Å². The first-order valence-electron chi connectivity index (χ1n) is 11.4. The first-order valence-corrected chi connectivity index (χ1v) is 13.3. The molecule has 0 N–H and O–H groups in total. The lowest BCUT2D eigenvalue weighted by atomic mass is 10.0. The molecule has 6 heteroatoms. The van der Waals surface area contributed by atoms with E-state index in [-0.39, 0.29) is 0 Å². The average Bonchev–Trinajstić information content (AvgIpc) is 2.69. The van der Waals surface area contributed by atoms with E-state index >= 15 is 0 Å². The second-order valence-corrected chi connectivity index (χ2v) is 10.5. The summed E-state index contributed by atoms with van der Waals surface area (Å²) in [6, 6.07) is 7.32. The smallest absolute Gasteiger partial charge is 0.462 e. The Morgan fingerprint density at radius 3 is 2.28 bits per heavy atom. The summed E-state index contributed by atoms with van der Waals surface area (Å²) < 4.78 is 30.1. The molecule has 0 bridgehead atoms. The summed E-state index contributed by atoms with van der Waals surface area (Å²) >= 11 is 0. The van der Waals surface area contributed by atoms with Crippen LogP contribution in [0.4, 0.5) is 0 Å². The van der Waals surface area contributed by atoms with Crippen LogP contribution >= 0.6 is 0 Å². The van der Waals surface area contributed by atoms with Gasteiger partial charge in [-0.05, 0) is 57.7 Å². The number of hydrogen-bond acceptors (Lipinski definition) is 5. The molecule has 1 atom stereocenters. The standard InChI is InChI=1S/C23H40O5Si/c1-6-10-11-16-23(5)24-19-21-18-20(14-15-22(21)28-23)13-12-17-29(25-7-2,26-8-3)27-9-4/h14-15,18H,6-13,16-17,19H2,1-5H3. The summed E-state index contributed by atoms with van der Waals surface area (Å²) in [4.78, 5) is 0. The van der Waals surface area contributed by atoms with Gasteiger partial charge < -0.3 is 22.8 Å². The van der Waals surface area contributed by atoms with Crippen LogP contribution in [-0.4, -0.2) is 34.4 Å². The Kier molecular flexibility index (Phi) is 10.1. The van der Waals surface area contributed by atoms with Crippen LogP contribution in [-0.2, 0) is 31.0 Å². The summed E-state index contributed by atoms with van der Waals surface area (Å²) in [5, 5.41) is 0. The topological polar surface area (TPSA) is 46.2 Å². The molecule has 29 heavy (non-hydrogen) atoms. The summed E-state index contributed by atoms with van der Waals surface area (Å²) in [5.41, 5.74) is 2.43. The molecule has 1 aliphatic rings. The van der Waals surface area contributed by atoms with E-state index in [0.29, 0.717) is 26.4 Å². The highest BCUT2D eigenvalue weighted by molar-refractivity contribution is 6.60. The van der Waals surface area contributed by atoms with Crippen LogP contribution in [0.3, 0.4) is 0 Å². The number of unbranched alkanes of at least 4 members (excludes halogenated alkanes) is 2. The second-order valence-electron chi connectivity index (χ2n) is 7.76. The van der Waals surface area contributed by atoms with Gasteiger partial charge in [-0.1, -0.05) is 25.8 Å². The summed E-state index contributed by atoms with van der Waals surface area (Å²) in [5.74, 6) is 0.460. The van der Waals surface area contributed by atoms with Gasteiger partial charge >= 0.3 is 8.80 Å². The van der Waals surface area contributed by atoms with E-state index in [2.05, 4.69) is 32.0 Å². The van der Waals surface area contributed by atoms with Gasteiger partial charge in [0.15, 0.2) is 0 Å². The molecule has 0 spiro atoms. The molecular formula is C23H40O5Si. The average molecular weight is 425 g/mol. The first-order chi connectivity index (χ1) is 14.0. The Morgan fingerprint density at radius 1 is 0.966 bits per heavy atom. The zero-order chi connectivity index (χ0) is 21.2. The molecule has 166 valence electrons. The normalized spacial score (nSPS) is 19.1. The van der Waals surface area contributed by atoms with Crippen LogP contribution < -0.4 is 4.74 Å². The molecule has 1 unspecified atom stereocenters. The molecule has 0 aliphatic carbocycles. The van der Waals surface area contributed by atoms with Crippen LogP contribution in [0.1, 0.15) is 77.8 Å². The Morgan fingerprint density at radius 2 is 1.66 bits per heavy atom. The van der Waals surface area contributed by atoms with Gasteiger partial charge in [-0.2, -0.15) is 0 Å². The molecule has 1 heterocycles. The second kappa shape index (κ2) is 12.1. The molecule has 1 aliphatic heterocycles. The quantitative estimate of drug-likeness (QED) is 0.276. The van der Waals surface area contributed by atoms with E-state index in [1.165, 1.54) is 18.4 Å². The molecule has 0 aromatic heterocycles. The minimum absolute atomic E-state index is 0.499. The predicted molar refractivity (Wildman–Crippen MR) is 118 cm³/mol. The fourth-order valence-electron chi connectivity index (χ4n) is 3.82.